The second kappa shape index (κ2) is 36.9. The van der Waals surface area contributed by atoms with Crippen molar-refractivity contribution in [2.75, 3.05) is 32.9 Å². The van der Waals surface area contributed by atoms with Gasteiger partial charge < -0.3 is 120 Å². The zero-order valence-corrected chi connectivity index (χ0v) is 47.1. The number of rotatable bonds is 26. The lowest BCUT2D eigenvalue weighted by atomic mass is 9.94. The van der Waals surface area contributed by atoms with E-state index in [1.54, 1.807) is 0 Å². The standard InChI is InChI=1S/C52H85N11O22/c1-2-3-4-5-6-7-8-9-10-11-34(85-52-44(76)42(74)33(68)24-84-52)41(73)32(67)18-26-19-36(70)59-30(22-64)48(80)62-38(40(72)25-12-14-27(66)15-13-25)51(83)60-28(16-17-53)46(78)56-21-37(71)58-29(20-35(54)69)47(79)61-31(23-65)49(81)63-39(50(82)57-26)43(75)45(55)77/h12-15,26,28-34,38-44,52,64-68,72-76H,2-11,16-24,53H2,1H3,(H2,54,69)(H2,55,77)(H,56,78)(H,57,82)(H,58,71)(H,59,70)(H,60,83)(H,61,79)(H,62,80)(H,63,81)/t26-,28-,29+,30-,31+,32-,33-,34+,38?,39+,40?,41-,42+,43+,44-,52-/m1/s1. The fraction of sp³-hybridized carbons (Fsp3) is 0.692. The van der Waals surface area contributed by atoms with Crippen molar-refractivity contribution in [1.82, 2.24) is 42.5 Å². The van der Waals surface area contributed by atoms with E-state index in [0.29, 0.717) is 12.8 Å². The van der Waals surface area contributed by atoms with Crippen molar-refractivity contribution in [3.63, 3.8) is 0 Å². The van der Waals surface area contributed by atoms with E-state index in [2.05, 4.69) is 38.8 Å². The maximum atomic E-state index is 14.2. The first-order valence-electron chi connectivity index (χ1n) is 28.0. The van der Waals surface area contributed by atoms with Gasteiger partial charge in [-0.3, -0.25) is 47.9 Å². The molecular formula is C52H85N11O22. The van der Waals surface area contributed by atoms with Crippen LogP contribution in [0.3, 0.4) is 0 Å². The predicted octanol–water partition coefficient (Wildman–Crippen LogP) is -8.75. The zero-order chi connectivity index (χ0) is 63.5. The van der Waals surface area contributed by atoms with E-state index in [9.17, 15) is 99.0 Å². The third kappa shape index (κ3) is 23.9. The molecule has 480 valence electrons. The topological polar surface area (TPSA) is 566 Å². The van der Waals surface area contributed by atoms with Crippen molar-refractivity contribution in [3.8, 4) is 5.75 Å². The first kappa shape index (κ1) is 72.5. The van der Waals surface area contributed by atoms with Crippen molar-refractivity contribution in [3.05, 3.63) is 29.8 Å². The van der Waals surface area contributed by atoms with Gasteiger partial charge in [-0.2, -0.15) is 0 Å². The van der Waals surface area contributed by atoms with Crippen LogP contribution in [0.25, 0.3) is 0 Å². The molecule has 3 rings (SSSR count). The highest BCUT2D eigenvalue weighted by Crippen LogP contribution is 2.25. The Balaban J connectivity index is 2.15. The quantitative estimate of drug-likeness (QED) is 0.0383. The van der Waals surface area contributed by atoms with Crippen LogP contribution < -0.4 is 59.7 Å². The number of aliphatic hydroxyl groups excluding tert-OH is 9. The van der Waals surface area contributed by atoms with Gasteiger partial charge in [0.05, 0.1) is 45.0 Å². The Morgan fingerprint density at radius 3 is 1.78 bits per heavy atom. The van der Waals surface area contributed by atoms with Crippen LogP contribution in [0.1, 0.15) is 108 Å². The fourth-order valence-electron chi connectivity index (χ4n) is 9.10. The van der Waals surface area contributed by atoms with Gasteiger partial charge in [-0.25, -0.2) is 0 Å². The molecule has 2 saturated heterocycles. The highest BCUT2D eigenvalue weighted by Gasteiger charge is 2.43. The van der Waals surface area contributed by atoms with Crippen molar-refractivity contribution in [2.24, 2.45) is 17.2 Å². The van der Waals surface area contributed by atoms with Crippen LogP contribution >= 0.6 is 0 Å². The average Bonchev–Trinajstić information content (AvgIpc) is 3.21. The lowest BCUT2D eigenvalue weighted by molar-refractivity contribution is -0.293. The highest BCUT2D eigenvalue weighted by molar-refractivity contribution is 5.99. The Labute approximate surface area is 488 Å². The minimum atomic E-state index is -2.66. The zero-order valence-electron chi connectivity index (χ0n) is 47.1. The molecule has 10 amide bonds. The Kier molecular flexibility index (Phi) is 31.5. The molecule has 0 aromatic heterocycles. The maximum absolute atomic E-state index is 14.2. The van der Waals surface area contributed by atoms with Gasteiger partial charge in [0.25, 0.3) is 0 Å². The number of amides is 10. The molecule has 33 nitrogen and oxygen atoms in total. The number of hydrogen-bond donors (Lipinski definition) is 21. The summed E-state index contributed by atoms with van der Waals surface area (Å²) >= 11 is 0. The van der Waals surface area contributed by atoms with Gasteiger partial charge >= 0.3 is 0 Å². The number of primary amides is 2. The van der Waals surface area contributed by atoms with Gasteiger partial charge in [-0.15, -0.1) is 0 Å². The van der Waals surface area contributed by atoms with E-state index >= 15 is 0 Å². The fourth-order valence-corrected chi connectivity index (χ4v) is 9.10. The number of aliphatic hydroxyl groups is 9. The first-order valence-corrected chi connectivity index (χ1v) is 28.0. The second-order valence-electron chi connectivity index (χ2n) is 20.8. The van der Waals surface area contributed by atoms with Gasteiger partial charge in [0.15, 0.2) is 12.4 Å². The van der Waals surface area contributed by atoms with Crippen molar-refractivity contribution >= 4 is 59.1 Å². The summed E-state index contributed by atoms with van der Waals surface area (Å²) in [5, 5.41) is 125. The second-order valence-corrected chi connectivity index (χ2v) is 20.8. The van der Waals surface area contributed by atoms with E-state index in [1.165, 1.54) is 0 Å². The number of benzene rings is 1. The molecule has 0 aliphatic carbocycles. The number of phenolic OH excluding ortho intramolecular Hbond substituents is 1. The summed E-state index contributed by atoms with van der Waals surface area (Å²) < 4.78 is 11.3. The molecule has 16 atom stereocenters. The number of carbonyl (C=O) groups excluding carboxylic acids is 10. The van der Waals surface area contributed by atoms with Crippen molar-refractivity contribution in [1.29, 1.82) is 0 Å². The van der Waals surface area contributed by atoms with Gasteiger partial charge in [-0.05, 0) is 43.5 Å². The lowest BCUT2D eigenvalue weighted by Gasteiger charge is -2.38. The maximum Gasteiger partial charge on any atom is 0.248 e. The van der Waals surface area contributed by atoms with Crippen LogP contribution in [-0.4, -0.2) is 234 Å². The number of ether oxygens (including phenoxy) is 2. The van der Waals surface area contributed by atoms with Crippen LogP contribution in [0, 0.1) is 0 Å². The Bertz CT molecular complexity index is 2360. The average molecular weight is 1220 g/mol. The minimum absolute atomic E-state index is 0.0391. The summed E-state index contributed by atoms with van der Waals surface area (Å²) in [5.41, 5.74) is 16.2. The molecule has 85 heavy (non-hydrogen) atoms. The number of hydrogen-bond acceptors (Lipinski definition) is 23. The number of nitrogens with one attached hydrogen (secondary N) is 8. The molecule has 2 heterocycles. The summed E-state index contributed by atoms with van der Waals surface area (Å²) in [7, 11) is 0. The van der Waals surface area contributed by atoms with Crippen molar-refractivity contribution < 1.29 is 108 Å². The smallest absolute Gasteiger partial charge is 0.248 e. The minimum Gasteiger partial charge on any atom is -0.508 e. The molecule has 0 bridgehead atoms. The summed E-state index contributed by atoms with van der Waals surface area (Å²) in [5.74, 6) is -13.9. The highest BCUT2D eigenvalue weighted by atomic mass is 16.7. The molecule has 0 radical (unpaired) electrons. The largest absolute Gasteiger partial charge is 0.508 e. The summed E-state index contributed by atoms with van der Waals surface area (Å²) in [6.45, 7) is -2.28. The molecule has 1 aromatic rings. The Hall–Kier alpha value is -6.76. The lowest BCUT2D eigenvalue weighted by Crippen LogP contribution is -2.63. The molecule has 33 heteroatoms. The molecule has 2 aliphatic heterocycles. The Morgan fingerprint density at radius 1 is 0.659 bits per heavy atom. The number of nitrogens with two attached hydrogens (primary N) is 3. The van der Waals surface area contributed by atoms with E-state index in [4.69, 9.17) is 26.7 Å². The van der Waals surface area contributed by atoms with Gasteiger partial charge in [0.1, 0.15) is 72.5 Å². The third-order valence-corrected chi connectivity index (χ3v) is 14.0. The number of unbranched alkanes of at least 4 members (excludes halogenated alkanes) is 8. The summed E-state index contributed by atoms with van der Waals surface area (Å²) in [4.78, 5) is 135. The van der Waals surface area contributed by atoms with Crippen LogP contribution in [-0.2, 0) is 57.4 Å². The molecule has 0 saturated carbocycles. The molecule has 24 N–H and O–H groups in total. The third-order valence-electron chi connectivity index (χ3n) is 14.0. The van der Waals surface area contributed by atoms with E-state index < -0.39 is 202 Å². The molecular weight excluding hydrogens is 1130 g/mol. The molecule has 2 aliphatic rings. The van der Waals surface area contributed by atoms with Crippen LogP contribution in [0.4, 0.5) is 0 Å². The monoisotopic (exact) mass is 1220 g/mol. The number of carbonyl (C=O) groups is 10. The normalized spacial score (nSPS) is 27.5. The van der Waals surface area contributed by atoms with Gasteiger partial charge in [-0.1, -0.05) is 76.8 Å². The Morgan fingerprint density at radius 2 is 1.20 bits per heavy atom. The van der Waals surface area contributed by atoms with Gasteiger partial charge in [0, 0.05) is 12.5 Å². The van der Waals surface area contributed by atoms with Crippen LogP contribution in [0.15, 0.2) is 24.3 Å². The molecule has 0 spiro atoms. The van der Waals surface area contributed by atoms with E-state index in [1.807, 2.05) is 10.6 Å². The first-order chi connectivity index (χ1) is 40.3. The summed E-state index contributed by atoms with van der Waals surface area (Å²) in [6, 6.07) is -9.69. The SMILES string of the molecule is CCCCCCCCCCC[C@H](O[C@H]1OC[C@@H](O)[C@H](O)[C@H]1O)[C@H](O)[C@H](O)C[C@@H]1CC(=O)N[C@H](CO)C(=O)NC(C(O)c2ccc(O)cc2)C(=O)N[C@H](CCN)C(=O)NCC(=O)N[C@@H](CC(N)=O)C(=O)N[C@@H](CO)C(=O)N[C@@H]([C@H](O)C(N)=O)C(=O)N1. The van der Waals surface area contributed by atoms with Crippen LogP contribution in [0.5, 0.6) is 5.75 Å². The van der Waals surface area contributed by atoms with E-state index in [0.717, 1.165) is 69.2 Å². The molecule has 1 aromatic carbocycles. The van der Waals surface area contributed by atoms with Crippen LogP contribution in [0.2, 0.25) is 0 Å². The van der Waals surface area contributed by atoms with Gasteiger partial charge in [0.2, 0.25) is 59.1 Å². The molecule has 2 unspecified atom stereocenters. The van der Waals surface area contributed by atoms with Crippen molar-refractivity contribution in [2.45, 2.75) is 194 Å². The number of phenols is 1. The van der Waals surface area contributed by atoms with E-state index in [-0.39, 0.29) is 30.7 Å². The molecule has 2 fully saturated rings. The number of aromatic hydroxyl groups is 1. The predicted molar refractivity (Wildman–Crippen MR) is 292 cm³/mol. The summed E-state index contributed by atoms with van der Waals surface area (Å²) in [6.07, 6.45) is -12.6.